The van der Waals surface area contributed by atoms with E-state index in [1.54, 1.807) is 0 Å². The molecule has 0 saturated heterocycles. The van der Waals surface area contributed by atoms with E-state index >= 15 is 0 Å². The zero-order valence-electron chi connectivity index (χ0n) is 11.1. The Morgan fingerprint density at radius 3 is 2.76 bits per heavy atom. The predicted molar refractivity (Wildman–Crippen MR) is 74.0 cm³/mol. The van der Waals surface area contributed by atoms with Crippen LogP contribution in [0.3, 0.4) is 0 Å². The number of hydrogen-bond donors (Lipinski definition) is 2. The van der Waals surface area contributed by atoms with Gasteiger partial charge in [0.25, 0.3) is 5.91 Å². The number of halogens is 1. The molecular formula is C12H13ClN4O4. The summed E-state index contributed by atoms with van der Waals surface area (Å²) in [5.41, 5.74) is -0.808. The molecule has 1 fully saturated rings. The third kappa shape index (κ3) is 3.66. The van der Waals surface area contributed by atoms with Gasteiger partial charge in [0.05, 0.1) is 4.92 Å². The summed E-state index contributed by atoms with van der Waals surface area (Å²) < 4.78 is 0. The van der Waals surface area contributed by atoms with Crippen molar-refractivity contribution in [3.05, 3.63) is 33.1 Å². The molecule has 0 radical (unpaired) electrons. The number of nitrogens with one attached hydrogen (secondary N) is 2. The van der Waals surface area contributed by atoms with Crippen LogP contribution < -0.4 is 10.6 Å². The fraction of sp³-hybridized carbons (Fsp3) is 0.417. The molecule has 1 aromatic rings. The number of nitrogens with zero attached hydrogens (tertiary/aromatic N) is 2. The van der Waals surface area contributed by atoms with Gasteiger partial charge < -0.3 is 10.6 Å². The van der Waals surface area contributed by atoms with Gasteiger partial charge in [0, 0.05) is 12.2 Å². The molecule has 1 atom stereocenters. The van der Waals surface area contributed by atoms with Gasteiger partial charge in [-0.05, 0) is 25.8 Å². The minimum absolute atomic E-state index is 0.168. The van der Waals surface area contributed by atoms with Crippen LogP contribution in [0.1, 0.15) is 30.1 Å². The van der Waals surface area contributed by atoms with Crippen LogP contribution in [-0.2, 0) is 4.79 Å². The number of nitro groups is 1. The normalized spacial score (nSPS) is 15.1. The second-order valence-electron chi connectivity index (χ2n) is 4.73. The molecule has 0 spiro atoms. The first-order chi connectivity index (χ1) is 9.90. The Bertz CT molecular complexity index is 603. The number of carbonyl (C=O) groups excluding carboxylic acids is 2. The van der Waals surface area contributed by atoms with E-state index in [-0.39, 0.29) is 22.7 Å². The maximum absolute atomic E-state index is 12.1. The second kappa shape index (κ2) is 6.04. The van der Waals surface area contributed by atoms with E-state index in [4.69, 9.17) is 11.6 Å². The Morgan fingerprint density at radius 2 is 2.19 bits per heavy atom. The molecule has 8 nitrogen and oxygen atoms in total. The molecule has 1 aliphatic carbocycles. The van der Waals surface area contributed by atoms with Gasteiger partial charge in [-0.25, -0.2) is 4.98 Å². The van der Waals surface area contributed by atoms with Crippen molar-refractivity contribution in [2.24, 2.45) is 0 Å². The highest BCUT2D eigenvalue weighted by molar-refractivity contribution is 6.32. The molecule has 1 aromatic heterocycles. The highest BCUT2D eigenvalue weighted by Gasteiger charge is 2.29. The Labute approximate surface area is 125 Å². The van der Waals surface area contributed by atoms with Crippen molar-refractivity contribution in [1.29, 1.82) is 0 Å². The van der Waals surface area contributed by atoms with Crippen LogP contribution in [-0.4, -0.2) is 33.8 Å². The van der Waals surface area contributed by atoms with Gasteiger partial charge in [0.15, 0.2) is 0 Å². The first kappa shape index (κ1) is 15.2. The summed E-state index contributed by atoms with van der Waals surface area (Å²) in [6.45, 7) is 1.50. The highest BCUT2D eigenvalue weighted by Crippen LogP contribution is 2.25. The van der Waals surface area contributed by atoms with Gasteiger partial charge in [-0.2, -0.15) is 0 Å². The fourth-order valence-electron chi connectivity index (χ4n) is 1.68. The molecule has 0 aliphatic heterocycles. The Morgan fingerprint density at radius 1 is 1.52 bits per heavy atom. The molecular weight excluding hydrogens is 300 g/mol. The summed E-state index contributed by atoms with van der Waals surface area (Å²) in [4.78, 5) is 37.5. The predicted octanol–water partition coefficient (Wildman–Crippen LogP) is 1.04. The summed E-state index contributed by atoms with van der Waals surface area (Å²) in [5, 5.41) is 15.7. The molecule has 1 unspecified atom stereocenters. The first-order valence-corrected chi connectivity index (χ1v) is 6.68. The first-order valence-electron chi connectivity index (χ1n) is 6.30. The van der Waals surface area contributed by atoms with Gasteiger partial charge in [-0.15, -0.1) is 0 Å². The number of carbonyl (C=O) groups is 2. The van der Waals surface area contributed by atoms with Crippen LogP contribution in [0.5, 0.6) is 0 Å². The average Bonchev–Trinajstić information content (AvgIpc) is 3.21. The fourth-order valence-corrected chi connectivity index (χ4v) is 1.91. The standard InChI is InChI=1S/C12H13ClN4O4/c1-6(11(18)16-7-2-3-7)15-12(19)8-4-5-14-10(13)9(8)17(20)21/h4-7H,2-3H2,1H3,(H,15,19)(H,16,18). The molecule has 9 heteroatoms. The summed E-state index contributed by atoms with van der Waals surface area (Å²) in [6.07, 6.45) is 3.05. The van der Waals surface area contributed by atoms with E-state index in [9.17, 15) is 19.7 Å². The van der Waals surface area contributed by atoms with E-state index in [2.05, 4.69) is 15.6 Å². The van der Waals surface area contributed by atoms with Crippen molar-refractivity contribution < 1.29 is 14.5 Å². The van der Waals surface area contributed by atoms with Gasteiger partial charge in [-0.1, -0.05) is 11.6 Å². The van der Waals surface area contributed by atoms with Crippen LogP contribution in [0, 0.1) is 10.1 Å². The lowest BCUT2D eigenvalue weighted by atomic mass is 10.2. The molecule has 1 heterocycles. The van der Waals surface area contributed by atoms with Gasteiger partial charge in [0.2, 0.25) is 11.1 Å². The molecule has 112 valence electrons. The molecule has 1 aliphatic rings. The maximum Gasteiger partial charge on any atom is 0.319 e. The van der Waals surface area contributed by atoms with Crippen LogP contribution in [0.15, 0.2) is 12.3 Å². The molecule has 0 aromatic carbocycles. The second-order valence-corrected chi connectivity index (χ2v) is 5.09. The summed E-state index contributed by atoms with van der Waals surface area (Å²) in [6, 6.07) is 0.552. The molecule has 1 saturated carbocycles. The number of hydrogen-bond acceptors (Lipinski definition) is 5. The van der Waals surface area contributed by atoms with Crippen molar-refractivity contribution in [3.8, 4) is 0 Å². The quantitative estimate of drug-likeness (QED) is 0.479. The summed E-state index contributed by atoms with van der Waals surface area (Å²) in [7, 11) is 0. The smallest absolute Gasteiger partial charge is 0.319 e. The van der Waals surface area contributed by atoms with Crippen molar-refractivity contribution in [2.45, 2.75) is 31.8 Å². The number of aromatic nitrogens is 1. The SMILES string of the molecule is CC(NC(=O)c1ccnc(Cl)c1[N+](=O)[O-])C(=O)NC1CC1. The summed E-state index contributed by atoms with van der Waals surface area (Å²) in [5.74, 6) is -1.07. The topological polar surface area (TPSA) is 114 Å². The molecule has 21 heavy (non-hydrogen) atoms. The largest absolute Gasteiger partial charge is 0.352 e. The van der Waals surface area contributed by atoms with Crippen molar-refractivity contribution in [2.75, 3.05) is 0 Å². The van der Waals surface area contributed by atoms with Crippen molar-refractivity contribution in [3.63, 3.8) is 0 Å². The number of pyridine rings is 1. The van der Waals surface area contributed by atoms with Crippen LogP contribution >= 0.6 is 11.6 Å². The van der Waals surface area contributed by atoms with Crippen LogP contribution in [0.25, 0.3) is 0 Å². The zero-order chi connectivity index (χ0) is 15.6. The molecule has 2 N–H and O–H groups in total. The lowest BCUT2D eigenvalue weighted by Crippen LogP contribution is -2.45. The number of rotatable bonds is 5. The minimum Gasteiger partial charge on any atom is -0.352 e. The van der Waals surface area contributed by atoms with Gasteiger partial charge in [-0.3, -0.25) is 19.7 Å². The molecule has 2 rings (SSSR count). The summed E-state index contributed by atoms with van der Waals surface area (Å²) >= 11 is 5.63. The highest BCUT2D eigenvalue weighted by atomic mass is 35.5. The number of amides is 2. The van der Waals surface area contributed by atoms with E-state index in [0.717, 1.165) is 12.8 Å². The van der Waals surface area contributed by atoms with Crippen LogP contribution in [0.4, 0.5) is 5.69 Å². The van der Waals surface area contributed by atoms with Crippen molar-refractivity contribution in [1.82, 2.24) is 15.6 Å². The zero-order valence-corrected chi connectivity index (χ0v) is 11.9. The maximum atomic E-state index is 12.1. The van der Waals surface area contributed by atoms with E-state index in [1.165, 1.54) is 19.2 Å². The van der Waals surface area contributed by atoms with Crippen molar-refractivity contribution >= 4 is 29.1 Å². The lowest BCUT2D eigenvalue weighted by molar-refractivity contribution is -0.385. The van der Waals surface area contributed by atoms with E-state index < -0.39 is 22.6 Å². The third-order valence-electron chi connectivity index (χ3n) is 2.97. The van der Waals surface area contributed by atoms with Gasteiger partial charge in [0.1, 0.15) is 11.6 Å². The van der Waals surface area contributed by atoms with E-state index in [1.807, 2.05) is 0 Å². The molecule has 2 amide bonds. The van der Waals surface area contributed by atoms with Gasteiger partial charge >= 0.3 is 5.69 Å². The Balaban J connectivity index is 2.11. The Kier molecular flexibility index (Phi) is 4.37. The monoisotopic (exact) mass is 312 g/mol. The average molecular weight is 313 g/mol. The minimum atomic E-state index is -0.801. The lowest BCUT2D eigenvalue weighted by Gasteiger charge is -2.13. The van der Waals surface area contributed by atoms with Crippen LogP contribution in [0.2, 0.25) is 5.15 Å². The van der Waals surface area contributed by atoms with E-state index in [0.29, 0.717) is 0 Å². The molecule has 0 bridgehead atoms. The third-order valence-corrected chi connectivity index (χ3v) is 3.25. The Hall–Kier alpha value is -2.22.